The Morgan fingerprint density at radius 2 is 1.87 bits per heavy atom. The Bertz CT molecular complexity index is 1100. The summed E-state index contributed by atoms with van der Waals surface area (Å²) in [5.41, 5.74) is 1.11. The van der Waals surface area contributed by atoms with Crippen molar-refractivity contribution in [2.45, 2.75) is 30.2 Å². The molecule has 9 heteroatoms. The van der Waals surface area contributed by atoms with E-state index in [-0.39, 0.29) is 46.5 Å². The predicted molar refractivity (Wildman–Crippen MR) is 139 cm³/mol. The van der Waals surface area contributed by atoms with Crippen LogP contribution in [0.15, 0.2) is 69.2 Å². The number of guanidine groups is 1. The number of nitrogens with one attached hydrogen (secondary N) is 2. The molecule has 0 aliphatic carbocycles. The van der Waals surface area contributed by atoms with Gasteiger partial charge in [-0.3, -0.25) is 4.99 Å². The van der Waals surface area contributed by atoms with E-state index in [4.69, 9.17) is 0 Å². The molecule has 0 bridgehead atoms. The maximum Gasteiger partial charge on any atom is 0.191 e. The lowest BCUT2D eigenvalue weighted by molar-refractivity contribution is 0.206. The summed E-state index contributed by atoms with van der Waals surface area (Å²) in [7, 11) is -3.50. The summed E-state index contributed by atoms with van der Waals surface area (Å²) < 4.78 is 24.9. The van der Waals surface area contributed by atoms with Gasteiger partial charge in [-0.05, 0) is 47.7 Å². The van der Waals surface area contributed by atoms with Gasteiger partial charge in [0.1, 0.15) is 4.21 Å². The van der Waals surface area contributed by atoms with Crippen molar-refractivity contribution < 1.29 is 13.5 Å². The van der Waals surface area contributed by atoms with Gasteiger partial charge in [-0.1, -0.05) is 42.5 Å². The number of rotatable bonds is 8. The lowest BCUT2D eigenvalue weighted by Crippen LogP contribution is -2.39. The number of aliphatic hydroxyl groups is 1. The molecule has 0 saturated carbocycles. The summed E-state index contributed by atoms with van der Waals surface area (Å²) in [5.74, 6) is 0.183. The Kier molecular flexibility index (Phi) is 9.73. The average Bonchev–Trinajstić information content (AvgIpc) is 3.27. The highest BCUT2D eigenvalue weighted by Crippen LogP contribution is 2.20. The summed E-state index contributed by atoms with van der Waals surface area (Å²) in [5, 5.41) is 20.8. The summed E-state index contributed by atoms with van der Waals surface area (Å²) in [6.07, 6.45) is -1.08. The van der Waals surface area contributed by atoms with Crippen molar-refractivity contribution in [3.8, 4) is 0 Å². The van der Waals surface area contributed by atoms with Gasteiger partial charge in [-0.25, -0.2) is 8.42 Å². The van der Waals surface area contributed by atoms with Crippen molar-refractivity contribution in [1.82, 2.24) is 10.6 Å². The minimum absolute atomic E-state index is 0. The van der Waals surface area contributed by atoms with Crippen LogP contribution in [0.4, 0.5) is 0 Å². The molecule has 168 valence electrons. The number of fused-ring (bicyclic) bond motifs is 1. The lowest BCUT2D eigenvalue weighted by atomic mass is 10.0. The van der Waals surface area contributed by atoms with E-state index >= 15 is 0 Å². The number of hydrogen-bond donors (Lipinski definition) is 3. The first-order valence-corrected chi connectivity index (χ1v) is 12.4. The molecule has 0 aliphatic heterocycles. The van der Waals surface area contributed by atoms with Crippen molar-refractivity contribution in [2.75, 3.05) is 18.8 Å². The van der Waals surface area contributed by atoms with E-state index in [0.29, 0.717) is 12.5 Å². The summed E-state index contributed by atoms with van der Waals surface area (Å²) in [6.45, 7) is 4.63. The SMILES string of the molecule is CCNC(=NCC(O)CS(=O)(=O)c1cccs1)NC(C)c1ccc2ccccc2c1.I. The van der Waals surface area contributed by atoms with E-state index < -0.39 is 15.9 Å². The van der Waals surface area contributed by atoms with Crippen molar-refractivity contribution >= 4 is 61.9 Å². The maximum absolute atomic E-state index is 12.3. The molecule has 3 rings (SSSR count). The lowest BCUT2D eigenvalue weighted by Gasteiger charge is -2.19. The van der Waals surface area contributed by atoms with Gasteiger partial charge >= 0.3 is 0 Å². The van der Waals surface area contributed by atoms with Gasteiger partial charge in [0.25, 0.3) is 0 Å². The fourth-order valence-electron chi connectivity index (χ4n) is 3.11. The fourth-order valence-corrected chi connectivity index (χ4v) is 5.58. The van der Waals surface area contributed by atoms with Crippen LogP contribution in [0.2, 0.25) is 0 Å². The average molecular weight is 574 g/mol. The van der Waals surface area contributed by atoms with Gasteiger partial charge in [0, 0.05) is 6.54 Å². The molecular formula is C22H28IN3O3S2. The first-order valence-electron chi connectivity index (χ1n) is 9.87. The number of benzene rings is 2. The first-order chi connectivity index (χ1) is 14.4. The van der Waals surface area contributed by atoms with Gasteiger partial charge in [0.2, 0.25) is 0 Å². The van der Waals surface area contributed by atoms with E-state index in [1.807, 2.05) is 26.0 Å². The molecule has 1 aromatic heterocycles. The smallest absolute Gasteiger partial charge is 0.191 e. The van der Waals surface area contributed by atoms with Crippen LogP contribution in [0.3, 0.4) is 0 Å². The van der Waals surface area contributed by atoms with Crippen molar-refractivity contribution in [2.24, 2.45) is 4.99 Å². The highest BCUT2D eigenvalue weighted by atomic mass is 127. The van der Waals surface area contributed by atoms with Crippen LogP contribution in [0.1, 0.15) is 25.5 Å². The molecule has 0 amide bonds. The predicted octanol–water partition coefficient (Wildman–Crippen LogP) is 3.97. The second-order valence-electron chi connectivity index (χ2n) is 7.06. The molecule has 0 saturated heterocycles. The van der Waals surface area contributed by atoms with Crippen LogP contribution >= 0.6 is 35.3 Å². The minimum atomic E-state index is -3.50. The second-order valence-corrected chi connectivity index (χ2v) is 10.3. The molecular weight excluding hydrogens is 545 g/mol. The van der Waals surface area contributed by atoms with Gasteiger partial charge < -0.3 is 15.7 Å². The number of hydrogen-bond acceptors (Lipinski definition) is 5. The van der Waals surface area contributed by atoms with Gasteiger partial charge in [-0.2, -0.15) is 0 Å². The molecule has 1 heterocycles. The zero-order chi connectivity index (χ0) is 21.6. The molecule has 6 nitrogen and oxygen atoms in total. The van der Waals surface area contributed by atoms with E-state index in [1.54, 1.807) is 17.5 Å². The van der Waals surface area contributed by atoms with Crippen LogP contribution in [-0.2, 0) is 9.84 Å². The molecule has 2 aromatic carbocycles. The number of thiophene rings is 1. The summed E-state index contributed by atoms with van der Waals surface area (Å²) in [4.78, 5) is 4.39. The normalized spacial score (nSPS) is 14.0. The summed E-state index contributed by atoms with van der Waals surface area (Å²) >= 11 is 1.15. The van der Waals surface area contributed by atoms with Crippen LogP contribution in [0.5, 0.6) is 0 Å². The standard InChI is InChI=1S/C22H27N3O3S2.HI/c1-3-23-22(24-14-20(26)15-30(27,28)21-9-6-12-29-21)25-16(2)18-11-10-17-7-4-5-8-19(17)13-18;/h4-13,16,20,26H,3,14-15H2,1-2H3,(H2,23,24,25);1H. The Balaban J connectivity index is 0.00000341. The number of halogens is 1. The van der Waals surface area contributed by atoms with E-state index in [1.165, 1.54) is 10.8 Å². The van der Waals surface area contributed by atoms with Gasteiger partial charge in [0.15, 0.2) is 15.8 Å². The van der Waals surface area contributed by atoms with Crippen molar-refractivity contribution in [1.29, 1.82) is 0 Å². The van der Waals surface area contributed by atoms with Crippen LogP contribution < -0.4 is 10.6 Å². The molecule has 0 aliphatic rings. The number of sulfone groups is 1. The van der Waals surface area contributed by atoms with E-state index in [2.05, 4.69) is 46.0 Å². The summed E-state index contributed by atoms with van der Waals surface area (Å²) in [6, 6.07) is 17.7. The molecule has 0 spiro atoms. The highest BCUT2D eigenvalue weighted by molar-refractivity contribution is 14.0. The largest absolute Gasteiger partial charge is 0.390 e. The second kappa shape index (κ2) is 11.8. The third kappa shape index (κ3) is 7.16. The van der Waals surface area contributed by atoms with Gasteiger partial charge in [0.05, 0.1) is 24.4 Å². The van der Waals surface area contributed by atoms with Crippen molar-refractivity contribution in [3.05, 3.63) is 65.5 Å². The molecule has 0 fully saturated rings. The van der Waals surface area contributed by atoms with Crippen LogP contribution in [-0.4, -0.2) is 44.4 Å². The Hall–Kier alpha value is -1.69. The zero-order valence-electron chi connectivity index (χ0n) is 17.5. The Labute approximate surface area is 204 Å². The maximum atomic E-state index is 12.3. The molecule has 31 heavy (non-hydrogen) atoms. The molecule has 3 aromatic rings. The Morgan fingerprint density at radius 3 is 2.55 bits per heavy atom. The van der Waals surface area contributed by atoms with Crippen molar-refractivity contribution in [3.63, 3.8) is 0 Å². The topological polar surface area (TPSA) is 90.8 Å². The van der Waals surface area contributed by atoms with Crippen LogP contribution in [0, 0.1) is 0 Å². The minimum Gasteiger partial charge on any atom is -0.390 e. The molecule has 2 unspecified atom stereocenters. The quantitative estimate of drug-likeness (QED) is 0.216. The number of aliphatic imine (C=N–C) groups is 1. The molecule has 2 atom stereocenters. The first kappa shape index (κ1) is 25.6. The van der Waals surface area contributed by atoms with Crippen LogP contribution in [0.25, 0.3) is 10.8 Å². The zero-order valence-corrected chi connectivity index (χ0v) is 21.4. The third-order valence-corrected chi connectivity index (χ3v) is 7.93. The fraction of sp³-hybridized carbons (Fsp3) is 0.318. The van der Waals surface area contributed by atoms with Gasteiger partial charge in [-0.15, -0.1) is 35.3 Å². The molecule has 0 radical (unpaired) electrons. The number of aliphatic hydroxyl groups excluding tert-OH is 1. The number of nitrogens with zero attached hydrogens (tertiary/aromatic N) is 1. The van der Waals surface area contributed by atoms with E-state index in [9.17, 15) is 13.5 Å². The van der Waals surface area contributed by atoms with E-state index in [0.717, 1.165) is 16.9 Å². The molecule has 3 N–H and O–H groups in total. The Morgan fingerprint density at radius 1 is 1.13 bits per heavy atom. The third-order valence-electron chi connectivity index (χ3n) is 4.64. The highest BCUT2D eigenvalue weighted by Gasteiger charge is 2.20. The monoisotopic (exact) mass is 573 g/mol.